The minimum absolute atomic E-state index is 0.235. The molecule has 12 heteroatoms. The van der Waals surface area contributed by atoms with Crippen LogP contribution in [-0.4, -0.2) is 59.2 Å². The van der Waals surface area contributed by atoms with Crippen LogP contribution in [0.5, 0.6) is 5.75 Å². The van der Waals surface area contributed by atoms with E-state index in [4.69, 9.17) is 13.8 Å². The van der Waals surface area contributed by atoms with Gasteiger partial charge in [0.2, 0.25) is 0 Å². The second kappa shape index (κ2) is 15.9. The summed E-state index contributed by atoms with van der Waals surface area (Å²) in [5, 5.41) is 0. The molecule has 1 aliphatic rings. The van der Waals surface area contributed by atoms with Crippen molar-refractivity contribution in [3.05, 3.63) is 119 Å². The zero-order chi connectivity index (χ0) is 35.1. The summed E-state index contributed by atoms with van der Waals surface area (Å²) in [6.07, 6.45) is -4.17. The molecule has 0 radical (unpaired) electrons. The Morgan fingerprint density at radius 2 is 1.44 bits per heavy atom. The number of para-hydroxylation sites is 1. The molecule has 1 saturated heterocycles. The Morgan fingerprint density at radius 3 is 2.14 bits per heavy atom. The molecular weight excluding hydrogens is 664 g/mol. The number of alkyl halides is 3. The fourth-order valence-corrected chi connectivity index (χ4v) is 7.86. The first kappa shape index (κ1) is 35.8. The third-order valence-electron chi connectivity index (χ3n) is 8.69. The predicted molar refractivity (Wildman–Crippen MR) is 189 cm³/mol. The zero-order valence-electron chi connectivity index (χ0n) is 28.3. The number of piperazine rings is 1. The van der Waals surface area contributed by atoms with Gasteiger partial charge in [-0.1, -0.05) is 60.7 Å². The van der Waals surface area contributed by atoms with Gasteiger partial charge in [-0.05, 0) is 60.9 Å². The molecule has 264 valence electrons. The van der Waals surface area contributed by atoms with E-state index in [2.05, 4.69) is 25.8 Å². The number of aromatic amines is 1. The molecular formula is C38H42F3N4O4P. The van der Waals surface area contributed by atoms with Crippen molar-refractivity contribution >= 4 is 18.6 Å². The van der Waals surface area contributed by atoms with Gasteiger partial charge < -0.3 is 18.8 Å². The highest BCUT2D eigenvalue weighted by molar-refractivity contribution is 7.53. The fraction of sp³-hybridized carbons (Fsp3) is 0.342. The van der Waals surface area contributed by atoms with Crippen molar-refractivity contribution in [2.45, 2.75) is 45.9 Å². The first-order valence-electron chi connectivity index (χ1n) is 16.9. The van der Waals surface area contributed by atoms with Crippen LogP contribution in [-0.2, 0) is 45.6 Å². The van der Waals surface area contributed by atoms with E-state index in [1.54, 1.807) is 6.07 Å². The molecule has 1 aliphatic heterocycles. The van der Waals surface area contributed by atoms with Crippen LogP contribution in [0.15, 0.2) is 91.0 Å². The number of halogens is 3. The van der Waals surface area contributed by atoms with Gasteiger partial charge in [0.05, 0.1) is 36.0 Å². The number of nitrogens with one attached hydrogen (secondary N) is 1. The molecule has 0 spiro atoms. The Kier molecular flexibility index (Phi) is 11.4. The SMILES string of the molecule is CCOP(=O)(Cc1ccc(COc2ccccc2CN2CCN(Cc3ccc4nc(-c5cccc(C(F)(F)F)c5)[nH]c4c3)CC2)cc1)OCC. The van der Waals surface area contributed by atoms with Crippen LogP contribution >= 0.6 is 7.60 Å². The van der Waals surface area contributed by atoms with Crippen LogP contribution in [0, 0.1) is 0 Å². The van der Waals surface area contributed by atoms with Crippen molar-refractivity contribution < 1.29 is 31.5 Å². The van der Waals surface area contributed by atoms with Crippen LogP contribution in [0.3, 0.4) is 0 Å². The Labute approximate surface area is 290 Å². The van der Waals surface area contributed by atoms with Crippen molar-refractivity contribution in [1.29, 1.82) is 0 Å². The minimum atomic E-state index is -4.41. The van der Waals surface area contributed by atoms with Gasteiger partial charge in [0.25, 0.3) is 0 Å². The number of aromatic nitrogens is 2. The summed E-state index contributed by atoms with van der Waals surface area (Å²) in [6, 6.07) is 27.2. The lowest BCUT2D eigenvalue weighted by atomic mass is 10.1. The minimum Gasteiger partial charge on any atom is -0.489 e. The van der Waals surface area contributed by atoms with Crippen molar-refractivity contribution in [1.82, 2.24) is 19.8 Å². The van der Waals surface area contributed by atoms with Crippen molar-refractivity contribution in [3.63, 3.8) is 0 Å². The van der Waals surface area contributed by atoms with Gasteiger partial charge in [0.1, 0.15) is 18.2 Å². The number of hydrogen-bond donors (Lipinski definition) is 1. The number of H-pyrrole nitrogens is 1. The molecule has 0 amide bonds. The fourth-order valence-electron chi connectivity index (χ4n) is 6.16. The quantitative estimate of drug-likeness (QED) is 0.116. The molecule has 2 heterocycles. The zero-order valence-corrected chi connectivity index (χ0v) is 29.2. The average Bonchev–Trinajstić information content (AvgIpc) is 3.53. The maximum absolute atomic E-state index is 13.2. The normalized spacial score (nSPS) is 14.7. The van der Waals surface area contributed by atoms with Crippen LogP contribution in [0.1, 0.15) is 41.7 Å². The van der Waals surface area contributed by atoms with E-state index in [1.807, 2.05) is 74.5 Å². The van der Waals surface area contributed by atoms with Crippen LogP contribution in [0.4, 0.5) is 13.2 Å². The number of fused-ring (bicyclic) bond motifs is 1. The average molecular weight is 707 g/mol. The number of imidazole rings is 1. The Hall–Kier alpha value is -3.99. The first-order chi connectivity index (χ1) is 24.1. The van der Waals surface area contributed by atoms with Crippen LogP contribution in [0.2, 0.25) is 0 Å². The van der Waals surface area contributed by atoms with E-state index >= 15 is 0 Å². The third-order valence-corrected chi connectivity index (χ3v) is 10.7. The summed E-state index contributed by atoms with van der Waals surface area (Å²) in [5.41, 5.74) is 5.39. The van der Waals surface area contributed by atoms with Gasteiger partial charge in [-0.25, -0.2) is 4.98 Å². The molecule has 4 aromatic carbocycles. The van der Waals surface area contributed by atoms with E-state index in [9.17, 15) is 17.7 Å². The molecule has 8 nitrogen and oxygen atoms in total. The third kappa shape index (κ3) is 9.21. The van der Waals surface area contributed by atoms with E-state index in [-0.39, 0.29) is 6.16 Å². The monoisotopic (exact) mass is 706 g/mol. The van der Waals surface area contributed by atoms with E-state index in [1.165, 1.54) is 6.07 Å². The van der Waals surface area contributed by atoms with Crippen molar-refractivity contribution in [2.24, 2.45) is 0 Å². The van der Waals surface area contributed by atoms with Crippen molar-refractivity contribution in [3.8, 4) is 17.1 Å². The highest BCUT2D eigenvalue weighted by atomic mass is 31.2. The second-order valence-electron chi connectivity index (χ2n) is 12.4. The molecule has 0 aliphatic carbocycles. The Morgan fingerprint density at radius 1 is 0.780 bits per heavy atom. The standard InChI is InChI=1S/C38H42F3N4O4P/c1-3-48-50(46,49-4-2)27-29-14-12-28(13-15-29)26-47-36-11-6-5-8-32(36)25-45-20-18-44(19-21-45)24-30-16-17-34-35(22-30)43-37(42-34)31-9-7-10-33(23-31)38(39,40)41/h5-17,22-23H,3-4,18-21,24-27H2,1-2H3,(H,42,43). The first-order valence-corrected chi connectivity index (χ1v) is 18.6. The molecule has 50 heavy (non-hydrogen) atoms. The highest BCUT2D eigenvalue weighted by Crippen LogP contribution is 2.51. The summed E-state index contributed by atoms with van der Waals surface area (Å²) in [6.45, 7) is 9.90. The summed E-state index contributed by atoms with van der Waals surface area (Å²) >= 11 is 0. The van der Waals surface area contributed by atoms with Gasteiger partial charge in [-0.2, -0.15) is 13.2 Å². The van der Waals surface area contributed by atoms with E-state index in [0.29, 0.717) is 31.2 Å². The predicted octanol–water partition coefficient (Wildman–Crippen LogP) is 8.91. The van der Waals surface area contributed by atoms with Crippen LogP contribution < -0.4 is 4.74 Å². The van der Waals surface area contributed by atoms with Gasteiger partial charge >= 0.3 is 13.8 Å². The largest absolute Gasteiger partial charge is 0.489 e. The summed E-state index contributed by atoms with van der Waals surface area (Å²) in [4.78, 5) is 12.6. The van der Waals surface area contributed by atoms with Crippen molar-refractivity contribution in [2.75, 3.05) is 39.4 Å². The molecule has 1 fully saturated rings. The van der Waals surface area contributed by atoms with Crippen LogP contribution in [0.25, 0.3) is 22.4 Å². The molecule has 6 rings (SSSR count). The number of rotatable bonds is 14. The summed E-state index contributed by atoms with van der Waals surface area (Å²) in [5.74, 6) is 1.27. The molecule has 0 saturated carbocycles. The molecule has 0 atom stereocenters. The maximum Gasteiger partial charge on any atom is 0.416 e. The molecule has 5 aromatic rings. The summed E-state index contributed by atoms with van der Waals surface area (Å²) in [7, 11) is -3.16. The number of hydrogen-bond acceptors (Lipinski definition) is 7. The van der Waals surface area contributed by atoms with Gasteiger partial charge in [-0.3, -0.25) is 14.4 Å². The molecule has 1 N–H and O–H groups in total. The highest BCUT2D eigenvalue weighted by Gasteiger charge is 2.30. The maximum atomic E-state index is 13.2. The topological polar surface area (TPSA) is 79.9 Å². The number of ether oxygens (including phenoxy) is 1. The lowest BCUT2D eigenvalue weighted by molar-refractivity contribution is -0.137. The summed E-state index contributed by atoms with van der Waals surface area (Å²) < 4.78 is 69.7. The number of nitrogens with zero attached hydrogens (tertiary/aromatic N) is 3. The second-order valence-corrected chi connectivity index (χ2v) is 14.4. The van der Waals surface area contributed by atoms with Gasteiger partial charge in [0, 0.05) is 50.4 Å². The van der Waals surface area contributed by atoms with Gasteiger partial charge in [0.15, 0.2) is 0 Å². The molecule has 1 aromatic heterocycles. The van der Waals surface area contributed by atoms with Gasteiger partial charge in [-0.15, -0.1) is 0 Å². The number of benzene rings is 4. The van der Waals surface area contributed by atoms with E-state index < -0.39 is 19.3 Å². The smallest absolute Gasteiger partial charge is 0.416 e. The Balaban J connectivity index is 1.01. The Bertz CT molecular complexity index is 1910. The lowest BCUT2D eigenvalue weighted by Crippen LogP contribution is -2.45. The molecule has 0 unspecified atom stereocenters. The molecule has 0 bridgehead atoms. The lowest BCUT2D eigenvalue weighted by Gasteiger charge is -2.35. The van der Waals surface area contributed by atoms with E-state index in [0.717, 1.165) is 90.4 Å².